The maximum atomic E-state index is 14.0. The second-order valence-corrected chi connectivity index (χ2v) is 12.4. The first-order valence-electron chi connectivity index (χ1n) is 12.4. The number of hydrogen-bond donors (Lipinski definition) is 1. The summed E-state index contributed by atoms with van der Waals surface area (Å²) < 4.78 is 29.3. The number of anilines is 1. The summed E-state index contributed by atoms with van der Waals surface area (Å²) in [5.41, 5.74) is 0.967. The van der Waals surface area contributed by atoms with Crippen LogP contribution in [0, 0.1) is 0 Å². The molecule has 0 fully saturated rings. The Hall–Kier alpha value is -2.59. The number of rotatable bonds is 12. The van der Waals surface area contributed by atoms with E-state index in [1.807, 2.05) is 6.92 Å². The highest BCUT2D eigenvalue weighted by Crippen LogP contribution is 2.27. The molecule has 208 valence electrons. The van der Waals surface area contributed by atoms with Crippen LogP contribution in [0.4, 0.5) is 5.69 Å². The van der Waals surface area contributed by atoms with E-state index in [-0.39, 0.29) is 17.3 Å². The van der Waals surface area contributed by atoms with Gasteiger partial charge in [0.1, 0.15) is 12.6 Å². The average molecular weight is 655 g/mol. The molecule has 0 aliphatic carbocycles. The fourth-order valence-electron chi connectivity index (χ4n) is 3.98. The molecule has 0 radical (unpaired) electrons. The van der Waals surface area contributed by atoms with Crippen LogP contribution in [0.1, 0.15) is 32.3 Å². The number of hydrogen-bond acceptors (Lipinski definition) is 4. The molecule has 39 heavy (non-hydrogen) atoms. The number of sulfonamides is 1. The summed E-state index contributed by atoms with van der Waals surface area (Å²) in [6.07, 6.45) is 1.06. The Morgan fingerprint density at radius 1 is 0.949 bits per heavy atom. The number of nitrogens with one attached hydrogen (secondary N) is 1. The highest BCUT2D eigenvalue weighted by Gasteiger charge is 2.33. The number of amides is 2. The molecule has 7 nitrogen and oxygen atoms in total. The van der Waals surface area contributed by atoms with Gasteiger partial charge >= 0.3 is 0 Å². The Morgan fingerprint density at radius 3 is 2.21 bits per heavy atom. The zero-order chi connectivity index (χ0) is 28.6. The van der Waals surface area contributed by atoms with Gasteiger partial charge in [-0.3, -0.25) is 13.9 Å². The van der Waals surface area contributed by atoms with Crippen molar-refractivity contribution in [3.8, 4) is 0 Å². The number of carbonyl (C=O) groups excluding carboxylic acids is 2. The van der Waals surface area contributed by atoms with Gasteiger partial charge in [-0.25, -0.2) is 8.42 Å². The highest BCUT2D eigenvalue weighted by molar-refractivity contribution is 9.10. The Kier molecular flexibility index (Phi) is 11.2. The Bertz CT molecular complexity index is 1390. The number of nitrogens with zero attached hydrogens (tertiary/aromatic N) is 2. The van der Waals surface area contributed by atoms with Crippen molar-refractivity contribution in [1.82, 2.24) is 10.2 Å². The van der Waals surface area contributed by atoms with E-state index < -0.39 is 28.5 Å². The summed E-state index contributed by atoms with van der Waals surface area (Å²) in [4.78, 5) is 28.5. The number of carbonyl (C=O) groups is 2. The van der Waals surface area contributed by atoms with Crippen LogP contribution in [0.2, 0.25) is 10.0 Å². The molecule has 1 N–H and O–H groups in total. The summed E-state index contributed by atoms with van der Waals surface area (Å²) in [6, 6.07) is 18.7. The van der Waals surface area contributed by atoms with Crippen molar-refractivity contribution in [1.29, 1.82) is 0 Å². The third-order valence-electron chi connectivity index (χ3n) is 6.00. The maximum absolute atomic E-state index is 14.0. The molecule has 0 bridgehead atoms. The van der Waals surface area contributed by atoms with E-state index in [2.05, 4.69) is 21.2 Å². The molecule has 0 aliphatic rings. The van der Waals surface area contributed by atoms with Crippen molar-refractivity contribution < 1.29 is 18.0 Å². The van der Waals surface area contributed by atoms with Crippen molar-refractivity contribution in [3.05, 3.63) is 92.9 Å². The lowest BCUT2D eigenvalue weighted by atomic mass is 10.1. The molecule has 1 unspecified atom stereocenters. The van der Waals surface area contributed by atoms with E-state index in [4.69, 9.17) is 23.2 Å². The molecule has 3 aromatic rings. The molecule has 3 aromatic carbocycles. The Balaban J connectivity index is 2.04. The van der Waals surface area contributed by atoms with Gasteiger partial charge in [0, 0.05) is 17.6 Å². The minimum Gasteiger partial charge on any atom is -0.354 e. The molecular formula is C28H30BrCl2N3O4S. The number of halogens is 3. The summed E-state index contributed by atoms with van der Waals surface area (Å²) in [7, 11) is -4.12. The molecule has 0 heterocycles. The van der Waals surface area contributed by atoms with Crippen molar-refractivity contribution in [2.45, 2.75) is 44.2 Å². The fourth-order valence-corrected chi connectivity index (χ4v) is 6.00. The topological polar surface area (TPSA) is 86.8 Å². The molecule has 0 aromatic heterocycles. The minimum absolute atomic E-state index is 0.0351. The Labute approximate surface area is 248 Å². The molecule has 2 amide bonds. The van der Waals surface area contributed by atoms with E-state index in [0.29, 0.717) is 34.3 Å². The first kappa shape index (κ1) is 30.9. The average Bonchev–Trinajstić information content (AvgIpc) is 2.93. The zero-order valence-corrected chi connectivity index (χ0v) is 25.5. The van der Waals surface area contributed by atoms with Gasteiger partial charge in [0.25, 0.3) is 10.0 Å². The molecule has 0 saturated heterocycles. The van der Waals surface area contributed by atoms with Crippen LogP contribution >= 0.6 is 39.1 Å². The second kappa shape index (κ2) is 14.2. The van der Waals surface area contributed by atoms with Gasteiger partial charge in [-0.1, -0.05) is 77.2 Å². The van der Waals surface area contributed by atoms with Crippen LogP contribution in [0.25, 0.3) is 0 Å². The van der Waals surface area contributed by atoms with Crippen LogP contribution in [-0.4, -0.2) is 44.3 Å². The first-order chi connectivity index (χ1) is 18.6. The lowest BCUT2D eigenvalue weighted by Gasteiger charge is -2.33. The molecular weight excluding hydrogens is 625 g/mol. The van der Waals surface area contributed by atoms with Gasteiger partial charge in [-0.2, -0.15) is 0 Å². The van der Waals surface area contributed by atoms with Crippen molar-refractivity contribution in [2.75, 3.05) is 17.4 Å². The van der Waals surface area contributed by atoms with E-state index in [1.54, 1.807) is 67.6 Å². The van der Waals surface area contributed by atoms with Crippen LogP contribution < -0.4 is 9.62 Å². The standard InChI is InChI=1S/C28H30BrCl2N3O4S/c1-3-16-32-28(36)26(4-2)33(18-20-10-15-24(30)25(31)17-20)27(35)19-34(22-13-11-21(29)12-14-22)39(37,38)23-8-6-5-7-9-23/h5-15,17,26H,3-4,16,18-19H2,1-2H3,(H,32,36). The number of benzene rings is 3. The van der Waals surface area contributed by atoms with Gasteiger partial charge in [0.15, 0.2) is 0 Å². The van der Waals surface area contributed by atoms with Gasteiger partial charge < -0.3 is 10.2 Å². The lowest BCUT2D eigenvalue weighted by Crippen LogP contribution is -2.52. The third kappa shape index (κ3) is 7.97. The minimum atomic E-state index is -4.12. The molecule has 11 heteroatoms. The highest BCUT2D eigenvalue weighted by atomic mass is 79.9. The normalized spacial score (nSPS) is 12.0. The van der Waals surface area contributed by atoms with Gasteiger partial charge in [-0.15, -0.1) is 0 Å². The summed E-state index contributed by atoms with van der Waals surface area (Å²) >= 11 is 15.7. The van der Waals surface area contributed by atoms with Crippen LogP contribution in [0.5, 0.6) is 0 Å². The summed E-state index contributed by atoms with van der Waals surface area (Å²) in [6.45, 7) is 3.71. The van der Waals surface area contributed by atoms with Gasteiger partial charge in [0.2, 0.25) is 11.8 Å². The van der Waals surface area contributed by atoms with E-state index >= 15 is 0 Å². The van der Waals surface area contributed by atoms with E-state index in [9.17, 15) is 18.0 Å². The second-order valence-electron chi connectivity index (χ2n) is 8.79. The van der Waals surface area contributed by atoms with E-state index in [0.717, 1.165) is 15.2 Å². The van der Waals surface area contributed by atoms with Crippen molar-refractivity contribution in [2.24, 2.45) is 0 Å². The van der Waals surface area contributed by atoms with Crippen molar-refractivity contribution >= 4 is 66.7 Å². The van der Waals surface area contributed by atoms with Gasteiger partial charge in [0.05, 0.1) is 20.6 Å². The SMILES string of the molecule is CCCNC(=O)C(CC)N(Cc1ccc(Cl)c(Cl)c1)C(=O)CN(c1ccc(Br)cc1)S(=O)(=O)c1ccccc1. The largest absolute Gasteiger partial charge is 0.354 e. The van der Waals surface area contributed by atoms with Gasteiger partial charge in [-0.05, 0) is 66.9 Å². The lowest BCUT2D eigenvalue weighted by molar-refractivity contribution is -0.140. The molecule has 0 spiro atoms. The first-order valence-corrected chi connectivity index (χ1v) is 15.4. The van der Waals surface area contributed by atoms with E-state index in [1.165, 1.54) is 17.0 Å². The van der Waals surface area contributed by atoms with Crippen LogP contribution in [-0.2, 0) is 26.2 Å². The molecule has 3 rings (SSSR count). The smallest absolute Gasteiger partial charge is 0.264 e. The summed E-state index contributed by atoms with van der Waals surface area (Å²) in [5, 5.41) is 3.53. The van der Waals surface area contributed by atoms with Crippen LogP contribution in [0.3, 0.4) is 0 Å². The fraction of sp³-hybridized carbons (Fsp3) is 0.286. The Morgan fingerprint density at radius 2 is 1.62 bits per heavy atom. The molecule has 0 aliphatic heterocycles. The van der Waals surface area contributed by atoms with Crippen LogP contribution in [0.15, 0.2) is 82.2 Å². The monoisotopic (exact) mass is 653 g/mol. The molecule has 0 saturated carbocycles. The predicted octanol–water partition coefficient (Wildman–Crippen LogP) is 6.28. The third-order valence-corrected chi connectivity index (χ3v) is 9.05. The molecule has 1 atom stereocenters. The predicted molar refractivity (Wildman–Crippen MR) is 160 cm³/mol. The van der Waals surface area contributed by atoms with Crippen molar-refractivity contribution in [3.63, 3.8) is 0 Å². The quantitative estimate of drug-likeness (QED) is 0.249. The summed E-state index contributed by atoms with van der Waals surface area (Å²) in [5.74, 6) is -0.851. The maximum Gasteiger partial charge on any atom is 0.264 e. The zero-order valence-electron chi connectivity index (χ0n) is 21.6.